The van der Waals surface area contributed by atoms with Crippen LogP contribution < -0.4 is 0 Å². The van der Waals surface area contributed by atoms with Crippen molar-refractivity contribution in [2.75, 3.05) is 41.0 Å². The van der Waals surface area contributed by atoms with E-state index in [0.29, 0.717) is 19.3 Å². The van der Waals surface area contributed by atoms with E-state index in [9.17, 15) is 19.5 Å². The maximum atomic E-state index is 12.8. The molecule has 0 fully saturated rings. The first kappa shape index (κ1) is 61.8. The molecule has 1 N–H and O–H groups in total. The molecule has 0 rings (SSSR count). The summed E-state index contributed by atoms with van der Waals surface area (Å²) < 4.78 is 17.3. The van der Waals surface area contributed by atoms with Gasteiger partial charge in [-0.1, -0.05) is 215 Å². The standard InChI is InChI=1S/C57H99NO7/c1-6-8-10-12-14-16-18-20-22-24-26-27-28-29-30-32-33-35-37-39-41-43-45-47-55(59)64-52-53(51-63-50-49-54(57(61)62)58(3,4)5)65-56(60)48-46-44-42-40-38-36-34-31-25-23-21-19-17-15-13-11-9-7-2/h11,13,15,17,19,21,23,25,29-31,34,53-54H,6-10,12,14,16,18,20,22,24,26-28,32-33,35-52H2,1-5H3/p+1/b13-11+,17-15+,21-19+,25-23+,30-29+,34-31+. The molecule has 0 saturated heterocycles. The van der Waals surface area contributed by atoms with Crippen molar-refractivity contribution in [3.05, 3.63) is 72.9 Å². The van der Waals surface area contributed by atoms with E-state index in [0.717, 1.165) is 64.2 Å². The van der Waals surface area contributed by atoms with Crippen LogP contribution in [0, 0.1) is 0 Å². The van der Waals surface area contributed by atoms with Crippen molar-refractivity contribution in [1.82, 2.24) is 0 Å². The molecule has 0 aliphatic heterocycles. The Morgan fingerprint density at radius 1 is 0.462 bits per heavy atom. The number of aliphatic carboxylic acids is 1. The molecule has 0 radical (unpaired) electrons. The first-order valence-electron chi connectivity index (χ1n) is 26.5. The molecule has 0 heterocycles. The maximum absolute atomic E-state index is 12.8. The quantitative estimate of drug-likeness (QED) is 0.0213. The molecule has 0 aromatic carbocycles. The van der Waals surface area contributed by atoms with E-state index in [-0.39, 0.29) is 36.2 Å². The third-order valence-corrected chi connectivity index (χ3v) is 11.7. The minimum absolute atomic E-state index is 0.0461. The number of rotatable bonds is 47. The van der Waals surface area contributed by atoms with Crippen molar-refractivity contribution in [3.8, 4) is 0 Å². The van der Waals surface area contributed by atoms with Crippen molar-refractivity contribution < 1.29 is 38.2 Å². The number of allylic oxidation sites excluding steroid dienone is 12. The van der Waals surface area contributed by atoms with Crippen molar-refractivity contribution in [2.45, 2.75) is 231 Å². The summed E-state index contributed by atoms with van der Waals surface area (Å²) in [5.41, 5.74) is 0. The molecule has 0 aromatic heterocycles. The van der Waals surface area contributed by atoms with E-state index in [1.54, 1.807) is 0 Å². The van der Waals surface area contributed by atoms with Gasteiger partial charge in [0.25, 0.3) is 0 Å². The monoisotopic (exact) mass is 911 g/mol. The van der Waals surface area contributed by atoms with Crippen LogP contribution in [0.25, 0.3) is 0 Å². The smallest absolute Gasteiger partial charge is 0.362 e. The first-order chi connectivity index (χ1) is 31.6. The second-order valence-corrected chi connectivity index (χ2v) is 18.9. The van der Waals surface area contributed by atoms with Crippen molar-refractivity contribution in [2.24, 2.45) is 0 Å². The summed E-state index contributed by atoms with van der Waals surface area (Å²) in [7, 11) is 5.52. The highest BCUT2D eigenvalue weighted by Gasteiger charge is 2.31. The van der Waals surface area contributed by atoms with Crippen molar-refractivity contribution in [3.63, 3.8) is 0 Å². The number of unbranched alkanes of at least 4 members (excludes halogenated alkanes) is 25. The predicted octanol–water partition coefficient (Wildman–Crippen LogP) is 15.5. The number of carbonyl (C=O) groups excluding carboxylic acids is 2. The lowest BCUT2D eigenvalue weighted by Gasteiger charge is -2.31. The molecule has 2 unspecified atom stereocenters. The maximum Gasteiger partial charge on any atom is 0.362 e. The molecule has 2 atom stereocenters. The van der Waals surface area contributed by atoms with Crippen LogP contribution >= 0.6 is 0 Å². The molecule has 0 aliphatic carbocycles. The average molecular weight is 911 g/mol. The highest BCUT2D eigenvalue weighted by molar-refractivity contribution is 5.72. The molecular weight excluding hydrogens is 811 g/mol. The summed E-state index contributed by atoms with van der Waals surface area (Å²) in [6.07, 6.45) is 61.0. The minimum atomic E-state index is -0.881. The van der Waals surface area contributed by atoms with E-state index in [4.69, 9.17) is 14.2 Å². The average Bonchev–Trinajstić information content (AvgIpc) is 3.27. The summed E-state index contributed by atoms with van der Waals surface area (Å²) in [5, 5.41) is 9.66. The van der Waals surface area contributed by atoms with E-state index in [1.165, 1.54) is 122 Å². The van der Waals surface area contributed by atoms with Gasteiger partial charge in [0.05, 0.1) is 34.4 Å². The van der Waals surface area contributed by atoms with Crippen LogP contribution in [-0.4, -0.2) is 80.6 Å². The highest BCUT2D eigenvalue weighted by Crippen LogP contribution is 2.15. The van der Waals surface area contributed by atoms with Crippen LogP contribution in [0.5, 0.6) is 0 Å². The molecule has 0 spiro atoms. The topological polar surface area (TPSA) is 99.1 Å². The number of hydrogen-bond donors (Lipinski definition) is 1. The SMILES string of the molecule is CCC/C=C/C=C/C=C/C=C/C=C/CCCCCCCC(=O)OC(COCCC(C(=O)O)[N+](C)(C)C)COC(=O)CCCCCCCCC/C=C/CCCCCCCCCCCCCC. The number of carboxylic acid groups (broad SMARTS) is 1. The second kappa shape index (κ2) is 47.3. The Morgan fingerprint density at radius 2 is 0.862 bits per heavy atom. The third kappa shape index (κ3) is 45.7. The lowest BCUT2D eigenvalue weighted by Crippen LogP contribution is -2.50. The summed E-state index contributed by atoms with van der Waals surface area (Å²) in [6.45, 7) is 4.63. The summed E-state index contributed by atoms with van der Waals surface area (Å²) in [5.74, 6) is -1.51. The zero-order valence-electron chi connectivity index (χ0n) is 42.7. The fraction of sp³-hybridized carbons (Fsp3) is 0.737. The minimum Gasteiger partial charge on any atom is -0.477 e. The summed E-state index contributed by atoms with van der Waals surface area (Å²) in [4.78, 5) is 37.2. The van der Waals surface area contributed by atoms with Gasteiger partial charge in [0.15, 0.2) is 12.1 Å². The van der Waals surface area contributed by atoms with E-state index < -0.39 is 18.1 Å². The lowest BCUT2D eigenvalue weighted by molar-refractivity contribution is -0.887. The molecule has 0 bridgehead atoms. The molecule has 0 aromatic rings. The highest BCUT2D eigenvalue weighted by atomic mass is 16.6. The fourth-order valence-corrected chi connectivity index (χ4v) is 7.59. The first-order valence-corrected chi connectivity index (χ1v) is 26.5. The molecule has 8 heteroatoms. The number of quaternary nitrogens is 1. The van der Waals surface area contributed by atoms with Crippen molar-refractivity contribution in [1.29, 1.82) is 0 Å². The molecule has 0 amide bonds. The van der Waals surface area contributed by atoms with Gasteiger partial charge in [-0.15, -0.1) is 0 Å². The zero-order valence-corrected chi connectivity index (χ0v) is 42.7. The number of carboxylic acids is 1. The van der Waals surface area contributed by atoms with E-state index in [1.807, 2.05) is 57.6 Å². The largest absolute Gasteiger partial charge is 0.477 e. The van der Waals surface area contributed by atoms with Crippen molar-refractivity contribution >= 4 is 17.9 Å². The van der Waals surface area contributed by atoms with Gasteiger partial charge in [-0.05, 0) is 57.8 Å². The molecular formula is C57H100NO7+. The van der Waals surface area contributed by atoms with Gasteiger partial charge in [-0.25, -0.2) is 4.79 Å². The Morgan fingerprint density at radius 3 is 1.31 bits per heavy atom. The fourth-order valence-electron chi connectivity index (χ4n) is 7.59. The second-order valence-electron chi connectivity index (χ2n) is 18.9. The van der Waals surface area contributed by atoms with Gasteiger partial charge < -0.3 is 23.8 Å². The van der Waals surface area contributed by atoms with Gasteiger partial charge in [-0.2, -0.15) is 0 Å². The third-order valence-electron chi connectivity index (χ3n) is 11.7. The van der Waals surface area contributed by atoms with Gasteiger partial charge in [-0.3, -0.25) is 9.59 Å². The summed E-state index contributed by atoms with van der Waals surface area (Å²) >= 11 is 0. The number of hydrogen-bond acceptors (Lipinski definition) is 6. The lowest BCUT2D eigenvalue weighted by atomic mass is 10.0. The summed E-state index contributed by atoms with van der Waals surface area (Å²) in [6, 6.07) is -0.625. The number of carbonyl (C=O) groups is 3. The Hall–Kier alpha value is -3.23. The number of ether oxygens (including phenoxy) is 3. The molecule has 0 saturated carbocycles. The van der Waals surface area contributed by atoms with Gasteiger partial charge in [0.2, 0.25) is 0 Å². The van der Waals surface area contributed by atoms with Gasteiger partial charge >= 0.3 is 17.9 Å². The number of esters is 2. The van der Waals surface area contributed by atoms with Crippen LogP contribution in [0.4, 0.5) is 0 Å². The predicted molar refractivity (Wildman–Crippen MR) is 275 cm³/mol. The zero-order chi connectivity index (χ0) is 47.7. The van der Waals surface area contributed by atoms with Crippen LogP contribution in [0.2, 0.25) is 0 Å². The van der Waals surface area contributed by atoms with E-state index >= 15 is 0 Å². The molecule has 8 nitrogen and oxygen atoms in total. The normalized spacial score (nSPS) is 13.4. The van der Waals surface area contributed by atoms with Crippen LogP contribution in [-0.2, 0) is 28.6 Å². The van der Waals surface area contributed by atoms with Gasteiger partial charge in [0.1, 0.15) is 6.61 Å². The Labute approximate surface area is 400 Å². The molecule has 374 valence electrons. The Kier molecular flexibility index (Phi) is 44.9. The van der Waals surface area contributed by atoms with E-state index in [2.05, 4.69) is 50.3 Å². The number of likely N-dealkylation sites (N-methyl/N-ethyl adjacent to an activating group) is 1. The van der Waals surface area contributed by atoms with Crippen LogP contribution in [0.15, 0.2) is 72.9 Å². The molecule has 0 aliphatic rings. The van der Waals surface area contributed by atoms with Gasteiger partial charge in [0, 0.05) is 19.3 Å². The van der Waals surface area contributed by atoms with Crippen LogP contribution in [0.1, 0.15) is 219 Å². The van der Waals surface area contributed by atoms with Crippen LogP contribution in [0.3, 0.4) is 0 Å². The molecule has 65 heavy (non-hydrogen) atoms. The number of nitrogens with zero attached hydrogens (tertiary/aromatic N) is 1. The Bertz CT molecular complexity index is 1290. The Balaban J connectivity index is 4.26.